The van der Waals surface area contributed by atoms with Gasteiger partial charge in [-0.15, -0.1) is 0 Å². The smallest absolute Gasteiger partial charge is 0.147 e. The summed E-state index contributed by atoms with van der Waals surface area (Å²) in [6.45, 7) is 11.7. The van der Waals surface area contributed by atoms with Gasteiger partial charge in [0, 0.05) is 31.9 Å². The average Bonchev–Trinajstić information content (AvgIpc) is 2.35. The van der Waals surface area contributed by atoms with Gasteiger partial charge in [0.05, 0.1) is 24.1 Å². The first-order valence-corrected chi connectivity index (χ1v) is 6.89. The zero-order chi connectivity index (χ0) is 13.9. The maximum Gasteiger partial charge on any atom is 0.147 e. The Labute approximate surface area is 115 Å². The highest BCUT2D eigenvalue weighted by Crippen LogP contribution is 2.20. The molecule has 0 spiro atoms. The molecule has 0 bridgehead atoms. The number of morpholine rings is 1. The maximum atomic E-state index is 5.72. The van der Waals surface area contributed by atoms with Crippen LogP contribution in [-0.2, 0) is 11.3 Å². The summed E-state index contributed by atoms with van der Waals surface area (Å²) in [5.74, 6) is 0.944. The lowest BCUT2D eigenvalue weighted by atomic mass is 10.1. The Morgan fingerprint density at radius 2 is 2.21 bits per heavy atom. The van der Waals surface area contributed by atoms with Crippen LogP contribution in [0.2, 0.25) is 0 Å². The number of ether oxygens (including phenoxy) is 1. The standard InChI is InChI=1S/C14H24N4O/c1-11(2)16-8-12-7-15-9-13(17-12)18-5-6-19-14(3,4)10-18/h7,9,11,16H,5-6,8,10H2,1-4H3. The first-order chi connectivity index (χ1) is 8.96. The van der Waals surface area contributed by atoms with Crippen molar-refractivity contribution in [1.82, 2.24) is 15.3 Å². The molecule has 1 aliphatic rings. The number of anilines is 1. The second-order valence-electron chi connectivity index (χ2n) is 5.93. The van der Waals surface area contributed by atoms with Gasteiger partial charge in [0.1, 0.15) is 5.82 Å². The molecule has 2 rings (SSSR count). The van der Waals surface area contributed by atoms with Crippen LogP contribution in [0.5, 0.6) is 0 Å². The van der Waals surface area contributed by atoms with Crippen molar-refractivity contribution in [1.29, 1.82) is 0 Å². The van der Waals surface area contributed by atoms with E-state index in [0.717, 1.165) is 37.8 Å². The van der Waals surface area contributed by atoms with Gasteiger partial charge in [-0.05, 0) is 13.8 Å². The zero-order valence-corrected chi connectivity index (χ0v) is 12.3. The van der Waals surface area contributed by atoms with Gasteiger partial charge in [-0.1, -0.05) is 13.8 Å². The van der Waals surface area contributed by atoms with Gasteiger partial charge in [-0.3, -0.25) is 4.98 Å². The van der Waals surface area contributed by atoms with E-state index in [-0.39, 0.29) is 5.60 Å². The van der Waals surface area contributed by atoms with Crippen LogP contribution in [0.15, 0.2) is 12.4 Å². The molecule has 106 valence electrons. The van der Waals surface area contributed by atoms with Crippen LogP contribution in [0.4, 0.5) is 5.82 Å². The number of aromatic nitrogens is 2. The van der Waals surface area contributed by atoms with Gasteiger partial charge in [-0.2, -0.15) is 0 Å². The third-order valence-electron chi connectivity index (χ3n) is 3.11. The minimum Gasteiger partial charge on any atom is -0.372 e. The van der Waals surface area contributed by atoms with Crippen LogP contribution < -0.4 is 10.2 Å². The summed E-state index contributed by atoms with van der Waals surface area (Å²) in [5, 5.41) is 3.36. The molecular weight excluding hydrogens is 240 g/mol. The molecule has 1 aliphatic heterocycles. The molecule has 1 fully saturated rings. The summed E-state index contributed by atoms with van der Waals surface area (Å²) in [6.07, 6.45) is 3.66. The SMILES string of the molecule is CC(C)NCc1cncc(N2CCOC(C)(C)C2)n1. The second kappa shape index (κ2) is 5.84. The van der Waals surface area contributed by atoms with Crippen molar-refractivity contribution < 1.29 is 4.74 Å². The molecule has 5 nitrogen and oxygen atoms in total. The summed E-state index contributed by atoms with van der Waals surface area (Å²) in [5.41, 5.74) is 0.863. The fourth-order valence-electron chi connectivity index (χ4n) is 2.15. The van der Waals surface area contributed by atoms with Crippen LogP contribution in [0.25, 0.3) is 0 Å². The number of hydrogen-bond donors (Lipinski definition) is 1. The summed E-state index contributed by atoms with van der Waals surface area (Å²) in [7, 11) is 0. The topological polar surface area (TPSA) is 50.3 Å². The van der Waals surface area contributed by atoms with Crippen molar-refractivity contribution in [2.75, 3.05) is 24.6 Å². The third kappa shape index (κ3) is 4.14. The fraction of sp³-hybridized carbons (Fsp3) is 0.714. The lowest BCUT2D eigenvalue weighted by Gasteiger charge is -2.38. The predicted octanol–water partition coefficient (Wildman–Crippen LogP) is 1.59. The lowest BCUT2D eigenvalue weighted by Crippen LogP contribution is -2.48. The molecule has 0 saturated carbocycles. The van der Waals surface area contributed by atoms with Crippen LogP contribution in [-0.4, -0.2) is 41.3 Å². The van der Waals surface area contributed by atoms with Crippen molar-refractivity contribution in [3.05, 3.63) is 18.1 Å². The molecule has 0 amide bonds. The number of nitrogens with zero attached hydrogens (tertiary/aromatic N) is 3. The highest BCUT2D eigenvalue weighted by molar-refractivity contribution is 5.37. The van der Waals surface area contributed by atoms with E-state index >= 15 is 0 Å². The molecule has 1 saturated heterocycles. The molecule has 0 radical (unpaired) electrons. The Balaban J connectivity index is 2.05. The Morgan fingerprint density at radius 3 is 2.89 bits per heavy atom. The van der Waals surface area contributed by atoms with Crippen LogP contribution in [0.1, 0.15) is 33.4 Å². The van der Waals surface area contributed by atoms with Gasteiger partial charge < -0.3 is 15.0 Å². The quantitative estimate of drug-likeness (QED) is 0.895. The minimum absolute atomic E-state index is 0.119. The third-order valence-corrected chi connectivity index (χ3v) is 3.11. The maximum absolute atomic E-state index is 5.72. The van der Waals surface area contributed by atoms with Crippen LogP contribution in [0.3, 0.4) is 0 Å². The lowest BCUT2D eigenvalue weighted by molar-refractivity contribution is -0.0279. The second-order valence-corrected chi connectivity index (χ2v) is 5.93. The minimum atomic E-state index is -0.119. The highest BCUT2D eigenvalue weighted by Gasteiger charge is 2.28. The van der Waals surface area contributed by atoms with Crippen molar-refractivity contribution in [3.63, 3.8) is 0 Å². The van der Waals surface area contributed by atoms with Crippen LogP contribution >= 0.6 is 0 Å². The zero-order valence-electron chi connectivity index (χ0n) is 12.3. The molecular formula is C14H24N4O. The Bertz CT molecular complexity index is 420. The largest absolute Gasteiger partial charge is 0.372 e. The van der Waals surface area contributed by atoms with E-state index in [4.69, 9.17) is 4.74 Å². The van der Waals surface area contributed by atoms with Gasteiger partial charge in [0.2, 0.25) is 0 Å². The van der Waals surface area contributed by atoms with E-state index in [0.29, 0.717) is 6.04 Å². The summed E-state index contributed by atoms with van der Waals surface area (Å²) >= 11 is 0. The molecule has 2 heterocycles. The van der Waals surface area contributed by atoms with Gasteiger partial charge in [0.25, 0.3) is 0 Å². The van der Waals surface area contributed by atoms with E-state index in [1.165, 1.54) is 0 Å². The van der Waals surface area contributed by atoms with Crippen molar-refractivity contribution in [2.24, 2.45) is 0 Å². The van der Waals surface area contributed by atoms with Gasteiger partial charge in [-0.25, -0.2) is 4.98 Å². The molecule has 5 heteroatoms. The highest BCUT2D eigenvalue weighted by atomic mass is 16.5. The van der Waals surface area contributed by atoms with Gasteiger partial charge >= 0.3 is 0 Å². The van der Waals surface area contributed by atoms with E-state index in [1.807, 2.05) is 12.4 Å². The molecule has 0 aromatic carbocycles. The average molecular weight is 264 g/mol. The predicted molar refractivity (Wildman–Crippen MR) is 76.3 cm³/mol. The van der Waals surface area contributed by atoms with Crippen LogP contribution in [0, 0.1) is 0 Å². The molecule has 0 aliphatic carbocycles. The monoisotopic (exact) mass is 264 g/mol. The molecule has 0 unspecified atom stereocenters. The summed E-state index contributed by atoms with van der Waals surface area (Å²) < 4.78 is 5.72. The normalized spacial score (nSPS) is 18.9. The first-order valence-electron chi connectivity index (χ1n) is 6.89. The first kappa shape index (κ1) is 14.2. The molecule has 1 N–H and O–H groups in total. The molecule has 19 heavy (non-hydrogen) atoms. The number of nitrogens with one attached hydrogen (secondary N) is 1. The van der Waals surface area contributed by atoms with E-state index < -0.39 is 0 Å². The van der Waals surface area contributed by atoms with Crippen molar-refractivity contribution >= 4 is 5.82 Å². The Kier molecular flexibility index (Phi) is 4.37. The summed E-state index contributed by atoms with van der Waals surface area (Å²) in [6, 6.07) is 0.452. The summed E-state index contributed by atoms with van der Waals surface area (Å²) in [4.78, 5) is 11.2. The molecule has 0 atom stereocenters. The Hall–Kier alpha value is -1.20. The van der Waals surface area contributed by atoms with E-state index in [9.17, 15) is 0 Å². The fourth-order valence-corrected chi connectivity index (χ4v) is 2.15. The molecule has 1 aromatic rings. The number of hydrogen-bond acceptors (Lipinski definition) is 5. The van der Waals surface area contributed by atoms with Crippen molar-refractivity contribution in [2.45, 2.75) is 45.9 Å². The van der Waals surface area contributed by atoms with E-state index in [1.54, 1.807) is 0 Å². The van der Waals surface area contributed by atoms with Crippen molar-refractivity contribution in [3.8, 4) is 0 Å². The molecule has 1 aromatic heterocycles. The van der Waals surface area contributed by atoms with Gasteiger partial charge in [0.15, 0.2) is 0 Å². The van der Waals surface area contributed by atoms with E-state index in [2.05, 4.69) is 47.9 Å². The Morgan fingerprint density at radius 1 is 1.42 bits per heavy atom. The number of rotatable bonds is 4.